The second-order valence-corrected chi connectivity index (χ2v) is 8.66. The Morgan fingerprint density at radius 3 is 2.93 bits per heavy atom. The van der Waals surface area contributed by atoms with Crippen LogP contribution in [-0.2, 0) is 22.6 Å². The van der Waals surface area contributed by atoms with E-state index >= 15 is 0 Å². The first-order valence-electron chi connectivity index (χ1n) is 9.44. The SMILES string of the molecule is O=C(CSc1ncc(-c2ccccc2)n1CC1CCCO1)NCc1cccs1. The zero-order valence-corrected chi connectivity index (χ0v) is 17.2. The van der Waals surface area contributed by atoms with Gasteiger partial charge in [0.1, 0.15) is 0 Å². The second-order valence-electron chi connectivity index (χ2n) is 6.68. The Morgan fingerprint density at radius 1 is 1.29 bits per heavy atom. The fraction of sp³-hybridized carbons (Fsp3) is 0.333. The second kappa shape index (κ2) is 9.41. The zero-order chi connectivity index (χ0) is 19.2. The quantitative estimate of drug-likeness (QED) is 0.563. The molecule has 5 nitrogen and oxygen atoms in total. The molecule has 0 bridgehead atoms. The molecule has 3 aromatic rings. The van der Waals surface area contributed by atoms with Crippen molar-refractivity contribution in [3.63, 3.8) is 0 Å². The van der Waals surface area contributed by atoms with Crippen LogP contribution < -0.4 is 5.32 Å². The average molecular weight is 414 g/mol. The van der Waals surface area contributed by atoms with E-state index in [0.29, 0.717) is 12.3 Å². The molecule has 1 fully saturated rings. The molecule has 0 saturated carbocycles. The van der Waals surface area contributed by atoms with E-state index in [1.807, 2.05) is 41.9 Å². The molecule has 28 heavy (non-hydrogen) atoms. The van der Waals surface area contributed by atoms with Crippen molar-refractivity contribution in [1.82, 2.24) is 14.9 Å². The molecule has 1 atom stereocenters. The van der Waals surface area contributed by atoms with Gasteiger partial charge in [-0.15, -0.1) is 11.3 Å². The van der Waals surface area contributed by atoms with Crippen LogP contribution in [0.2, 0.25) is 0 Å². The van der Waals surface area contributed by atoms with Crippen molar-refractivity contribution in [3.05, 3.63) is 58.9 Å². The summed E-state index contributed by atoms with van der Waals surface area (Å²) in [6.07, 6.45) is 4.28. The molecule has 1 N–H and O–H groups in total. The maximum absolute atomic E-state index is 12.3. The van der Waals surface area contributed by atoms with E-state index in [4.69, 9.17) is 4.74 Å². The van der Waals surface area contributed by atoms with Gasteiger partial charge in [0.15, 0.2) is 5.16 Å². The van der Waals surface area contributed by atoms with Crippen LogP contribution in [0.15, 0.2) is 59.2 Å². The molecule has 1 aromatic carbocycles. The number of hydrogen-bond donors (Lipinski definition) is 1. The van der Waals surface area contributed by atoms with Gasteiger partial charge in [-0.3, -0.25) is 4.79 Å². The minimum Gasteiger partial charge on any atom is -0.376 e. The number of amides is 1. The third-order valence-corrected chi connectivity index (χ3v) is 6.54. The van der Waals surface area contributed by atoms with Crippen molar-refractivity contribution in [3.8, 4) is 11.3 Å². The van der Waals surface area contributed by atoms with Gasteiger partial charge in [-0.25, -0.2) is 4.98 Å². The van der Waals surface area contributed by atoms with Crippen LogP contribution >= 0.6 is 23.1 Å². The number of thiophene rings is 1. The molecule has 3 heterocycles. The van der Waals surface area contributed by atoms with Crippen LogP contribution in [0.25, 0.3) is 11.3 Å². The first-order chi connectivity index (χ1) is 13.8. The van der Waals surface area contributed by atoms with E-state index in [1.54, 1.807) is 11.3 Å². The highest BCUT2D eigenvalue weighted by molar-refractivity contribution is 7.99. The summed E-state index contributed by atoms with van der Waals surface area (Å²) in [5.41, 5.74) is 2.19. The molecule has 146 valence electrons. The lowest BCUT2D eigenvalue weighted by atomic mass is 10.1. The highest BCUT2D eigenvalue weighted by atomic mass is 32.2. The molecular formula is C21H23N3O2S2. The minimum atomic E-state index is 0.0197. The van der Waals surface area contributed by atoms with Crippen LogP contribution in [0, 0.1) is 0 Å². The molecule has 2 aromatic heterocycles. The third-order valence-electron chi connectivity index (χ3n) is 4.67. The average Bonchev–Trinajstić information content (AvgIpc) is 3.48. The molecule has 1 amide bonds. The van der Waals surface area contributed by atoms with E-state index in [-0.39, 0.29) is 12.0 Å². The van der Waals surface area contributed by atoms with Gasteiger partial charge in [0.25, 0.3) is 0 Å². The fourth-order valence-electron chi connectivity index (χ4n) is 3.26. The van der Waals surface area contributed by atoms with Crippen molar-refractivity contribution in [1.29, 1.82) is 0 Å². The Bertz CT molecular complexity index is 888. The van der Waals surface area contributed by atoms with Crippen molar-refractivity contribution in [2.75, 3.05) is 12.4 Å². The van der Waals surface area contributed by atoms with Gasteiger partial charge in [-0.05, 0) is 29.9 Å². The largest absolute Gasteiger partial charge is 0.376 e. The topological polar surface area (TPSA) is 56.2 Å². The molecule has 1 aliphatic heterocycles. The number of thioether (sulfide) groups is 1. The summed E-state index contributed by atoms with van der Waals surface area (Å²) in [5, 5.41) is 5.85. The lowest BCUT2D eigenvalue weighted by molar-refractivity contribution is -0.118. The predicted molar refractivity (Wildman–Crippen MR) is 114 cm³/mol. The summed E-state index contributed by atoms with van der Waals surface area (Å²) in [6.45, 7) is 2.17. The van der Waals surface area contributed by atoms with Crippen molar-refractivity contribution in [2.45, 2.75) is 37.2 Å². The van der Waals surface area contributed by atoms with Gasteiger partial charge in [-0.2, -0.15) is 0 Å². The van der Waals surface area contributed by atoms with E-state index in [9.17, 15) is 4.79 Å². The summed E-state index contributed by atoms with van der Waals surface area (Å²) in [7, 11) is 0. The first kappa shape index (κ1) is 19.2. The van der Waals surface area contributed by atoms with E-state index in [2.05, 4.69) is 27.0 Å². The van der Waals surface area contributed by atoms with Crippen LogP contribution in [-0.4, -0.2) is 33.9 Å². The highest BCUT2D eigenvalue weighted by Crippen LogP contribution is 2.28. The normalized spacial score (nSPS) is 16.4. The summed E-state index contributed by atoms with van der Waals surface area (Å²) < 4.78 is 8.04. The maximum atomic E-state index is 12.3. The standard InChI is InChI=1S/C21H23N3O2S2/c25-20(22-12-18-9-5-11-27-18)15-28-21-23-13-19(16-6-2-1-3-7-16)24(21)14-17-8-4-10-26-17/h1-3,5-7,9,11,13,17H,4,8,10,12,14-15H2,(H,22,25). The third kappa shape index (κ3) is 4.84. The van der Waals surface area contributed by atoms with Gasteiger partial charge in [0, 0.05) is 11.5 Å². The number of carbonyl (C=O) groups is 1. The van der Waals surface area contributed by atoms with E-state index < -0.39 is 0 Å². The van der Waals surface area contributed by atoms with Gasteiger partial charge < -0.3 is 14.6 Å². The van der Waals surface area contributed by atoms with Gasteiger partial charge in [0.2, 0.25) is 5.91 Å². The van der Waals surface area contributed by atoms with Crippen LogP contribution in [0.1, 0.15) is 17.7 Å². The van der Waals surface area contributed by atoms with Gasteiger partial charge in [-0.1, -0.05) is 48.2 Å². The Labute approximate surface area is 173 Å². The minimum absolute atomic E-state index is 0.0197. The molecule has 4 rings (SSSR count). The van der Waals surface area contributed by atoms with Gasteiger partial charge >= 0.3 is 0 Å². The smallest absolute Gasteiger partial charge is 0.230 e. The Kier molecular flexibility index (Phi) is 6.46. The molecule has 0 radical (unpaired) electrons. The zero-order valence-electron chi connectivity index (χ0n) is 15.5. The number of carbonyl (C=O) groups excluding carboxylic acids is 1. The number of ether oxygens (including phenoxy) is 1. The Balaban J connectivity index is 1.44. The number of aromatic nitrogens is 2. The number of rotatable bonds is 8. The summed E-state index contributed by atoms with van der Waals surface area (Å²) >= 11 is 3.13. The van der Waals surface area contributed by atoms with Crippen molar-refractivity contribution < 1.29 is 9.53 Å². The van der Waals surface area contributed by atoms with E-state index in [1.165, 1.54) is 11.8 Å². The molecule has 7 heteroatoms. The number of hydrogen-bond acceptors (Lipinski definition) is 5. The monoisotopic (exact) mass is 413 g/mol. The molecule has 0 aliphatic carbocycles. The maximum Gasteiger partial charge on any atom is 0.230 e. The lowest BCUT2D eigenvalue weighted by Crippen LogP contribution is -2.24. The Hall–Kier alpha value is -2.09. The predicted octanol–water partition coefficient (Wildman–Crippen LogP) is 4.20. The van der Waals surface area contributed by atoms with Crippen LogP contribution in [0.3, 0.4) is 0 Å². The Morgan fingerprint density at radius 2 is 2.18 bits per heavy atom. The van der Waals surface area contributed by atoms with Gasteiger partial charge in [0.05, 0.1) is 36.8 Å². The molecule has 1 saturated heterocycles. The number of benzene rings is 1. The fourth-order valence-corrected chi connectivity index (χ4v) is 4.72. The first-order valence-corrected chi connectivity index (χ1v) is 11.3. The summed E-state index contributed by atoms with van der Waals surface area (Å²) in [5.74, 6) is 0.369. The van der Waals surface area contributed by atoms with Crippen LogP contribution in [0.4, 0.5) is 0 Å². The summed E-state index contributed by atoms with van der Waals surface area (Å²) in [6, 6.07) is 14.3. The molecular weight excluding hydrogens is 390 g/mol. The lowest BCUT2D eigenvalue weighted by Gasteiger charge is -2.16. The molecule has 1 unspecified atom stereocenters. The molecule has 1 aliphatic rings. The number of imidazole rings is 1. The highest BCUT2D eigenvalue weighted by Gasteiger charge is 2.21. The number of nitrogens with zero attached hydrogens (tertiary/aromatic N) is 2. The summed E-state index contributed by atoms with van der Waals surface area (Å²) in [4.78, 5) is 18.0. The van der Waals surface area contributed by atoms with Crippen LogP contribution in [0.5, 0.6) is 0 Å². The van der Waals surface area contributed by atoms with E-state index in [0.717, 1.165) is 47.3 Å². The van der Waals surface area contributed by atoms with Crippen molar-refractivity contribution >= 4 is 29.0 Å². The molecule has 0 spiro atoms. The van der Waals surface area contributed by atoms with Crippen molar-refractivity contribution in [2.24, 2.45) is 0 Å². The number of nitrogens with one attached hydrogen (secondary N) is 1.